The van der Waals surface area contributed by atoms with Gasteiger partial charge in [-0.1, -0.05) is 0 Å². The zero-order valence-corrected chi connectivity index (χ0v) is 12.8. The van der Waals surface area contributed by atoms with Crippen LogP contribution in [0.15, 0.2) is 24.3 Å². The molecule has 2 aliphatic heterocycles. The fourth-order valence-electron chi connectivity index (χ4n) is 3.19. The maximum Gasteiger partial charge on any atom is 0.119 e. The molecule has 3 atom stereocenters. The number of nitrogens with zero attached hydrogens (tertiary/aromatic N) is 1. The van der Waals surface area contributed by atoms with Crippen LogP contribution in [0.5, 0.6) is 5.75 Å². The first-order chi connectivity index (χ1) is 10.2. The molecule has 2 saturated heterocycles. The van der Waals surface area contributed by atoms with Crippen molar-refractivity contribution in [3.63, 3.8) is 0 Å². The summed E-state index contributed by atoms with van der Waals surface area (Å²) in [5, 5.41) is 0. The minimum Gasteiger partial charge on any atom is -0.491 e. The monoisotopic (exact) mass is 290 g/mol. The van der Waals surface area contributed by atoms with Gasteiger partial charge in [-0.05, 0) is 56.9 Å². The molecule has 0 radical (unpaired) electrons. The van der Waals surface area contributed by atoms with Crippen molar-refractivity contribution in [2.45, 2.75) is 50.9 Å². The molecule has 21 heavy (non-hydrogen) atoms. The van der Waals surface area contributed by atoms with Gasteiger partial charge in [0.25, 0.3) is 0 Å². The van der Waals surface area contributed by atoms with Crippen LogP contribution < -0.4 is 15.4 Å². The third kappa shape index (κ3) is 3.89. The lowest BCUT2D eigenvalue weighted by Gasteiger charge is -2.32. The average Bonchev–Trinajstić information content (AvgIpc) is 2.91. The quantitative estimate of drug-likeness (QED) is 0.926. The number of rotatable bonds is 4. The highest BCUT2D eigenvalue weighted by molar-refractivity contribution is 5.49. The molecule has 3 unspecified atom stereocenters. The second kappa shape index (κ2) is 6.67. The van der Waals surface area contributed by atoms with E-state index in [1.807, 2.05) is 12.1 Å². The molecule has 4 nitrogen and oxygen atoms in total. The lowest BCUT2D eigenvalue weighted by atomic mass is 10.1. The van der Waals surface area contributed by atoms with Gasteiger partial charge in [0, 0.05) is 24.8 Å². The molecule has 3 rings (SSSR count). The SMILES string of the molecule is CC1CCC(COc2ccc(N3CCCC(N)C3)cc2)O1. The fraction of sp³-hybridized carbons (Fsp3) is 0.647. The molecule has 1 aromatic carbocycles. The molecule has 0 saturated carbocycles. The van der Waals surface area contributed by atoms with Crippen LogP contribution in [0.1, 0.15) is 32.6 Å². The van der Waals surface area contributed by atoms with E-state index in [2.05, 4.69) is 24.0 Å². The van der Waals surface area contributed by atoms with E-state index < -0.39 is 0 Å². The number of benzene rings is 1. The van der Waals surface area contributed by atoms with Crippen molar-refractivity contribution in [3.8, 4) is 5.75 Å². The van der Waals surface area contributed by atoms with E-state index >= 15 is 0 Å². The van der Waals surface area contributed by atoms with Crippen LogP contribution in [0.4, 0.5) is 5.69 Å². The van der Waals surface area contributed by atoms with E-state index in [4.69, 9.17) is 15.2 Å². The number of anilines is 1. The molecule has 2 N–H and O–H groups in total. The Kier molecular flexibility index (Phi) is 4.66. The maximum absolute atomic E-state index is 6.04. The Labute approximate surface area is 127 Å². The van der Waals surface area contributed by atoms with Gasteiger partial charge in [0.2, 0.25) is 0 Å². The highest BCUT2D eigenvalue weighted by atomic mass is 16.5. The van der Waals surface area contributed by atoms with Crippen molar-refractivity contribution in [2.24, 2.45) is 5.73 Å². The minimum absolute atomic E-state index is 0.250. The van der Waals surface area contributed by atoms with Gasteiger partial charge >= 0.3 is 0 Å². The molecule has 0 aromatic heterocycles. The molecule has 0 amide bonds. The first-order valence-electron chi connectivity index (χ1n) is 8.09. The van der Waals surface area contributed by atoms with Crippen LogP contribution in [0.25, 0.3) is 0 Å². The lowest BCUT2D eigenvalue weighted by molar-refractivity contribution is 0.0264. The van der Waals surface area contributed by atoms with Crippen LogP contribution in [-0.4, -0.2) is 37.9 Å². The molecule has 2 heterocycles. The highest BCUT2D eigenvalue weighted by Gasteiger charge is 2.22. The van der Waals surface area contributed by atoms with Gasteiger partial charge in [0.15, 0.2) is 0 Å². The summed E-state index contributed by atoms with van der Waals surface area (Å²) in [4.78, 5) is 2.36. The standard InChI is InChI=1S/C17H26N2O2/c1-13-4-7-17(21-13)12-20-16-8-5-15(6-9-16)19-10-2-3-14(18)11-19/h5-6,8-9,13-14,17H,2-4,7,10-12,18H2,1H3. The third-order valence-corrected chi connectivity index (χ3v) is 4.42. The Balaban J connectivity index is 1.51. The number of hydrogen-bond acceptors (Lipinski definition) is 4. The summed E-state index contributed by atoms with van der Waals surface area (Å²) >= 11 is 0. The van der Waals surface area contributed by atoms with Gasteiger partial charge in [-0.2, -0.15) is 0 Å². The maximum atomic E-state index is 6.04. The molecule has 2 aliphatic rings. The Morgan fingerprint density at radius 1 is 1.24 bits per heavy atom. The van der Waals surface area contributed by atoms with E-state index in [1.54, 1.807) is 0 Å². The number of ether oxygens (including phenoxy) is 2. The summed E-state index contributed by atoms with van der Waals surface area (Å²) in [6.07, 6.45) is 5.19. The van der Waals surface area contributed by atoms with Crippen LogP contribution in [-0.2, 0) is 4.74 Å². The van der Waals surface area contributed by atoms with Crippen molar-refractivity contribution in [1.29, 1.82) is 0 Å². The molecule has 4 heteroatoms. The number of hydrogen-bond donors (Lipinski definition) is 1. The topological polar surface area (TPSA) is 47.7 Å². The van der Waals surface area contributed by atoms with E-state index in [9.17, 15) is 0 Å². The van der Waals surface area contributed by atoms with Gasteiger partial charge in [0.05, 0.1) is 12.2 Å². The highest BCUT2D eigenvalue weighted by Crippen LogP contribution is 2.24. The zero-order valence-electron chi connectivity index (χ0n) is 12.8. The Hall–Kier alpha value is -1.26. The largest absolute Gasteiger partial charge is 0.491 e. The first-order valence-corrected chi connectivity index (χ1v) is 8.09. The molecule has 2 fully saturated rings. The van der Waals surface area contributed by atoms with E-state index in [0.717, 1.165) is 38.1 Å². The first kappa shape index (κ1) is 14.7. The van der Waals surface area contributed by atoms with Crippen molar-refractivity contribution in [1.82, 2.24) is 0 Å². The van der Waals surface area contributed by atoms with Gasteiger partial charge < -0.3 is 20.1 Å². The Morgan fingerprint density at radius 2 is 2.05 bits per heavy atom. The van der Waals surface area contributed by atoms with Crippen LogP contribution in [0, 0.1) is 0 Å². The summed E-state index contributed by atoms with van der Waals surface area (Å²) < 4.78 is 11.6. The smallest absolute Gasteiger partial charge is 0.119 e. The second-order valence-corrected chi connectivity index (χ2v) is 6.30. The van der Waals surface area contributed by atoms with E-state index in [0.29, 0.717) is 18.8 Å². The number of nitrogens with two attached hydrogens (primary N) is 1. The van der Waals surface area contributed by atoms with Crippen molar-refractivity contribution >= 4 is 5.69 Å². The summed E-state index contributed by atoms with van der Waals surface area (Å²) in [5.41, 5.74) is 7.28. The Morgan fingerprint density at radius 3 is 2.71 bits per heavy atom. The fourth-order valence-corrected chi connectivity index (χ4v) is 3.19. The number of piperidine rings is 1. The van der Waals surface area contributed by atoms with Crippen molar-refractivity contribution in [3.05, 3.63) is 24.3 Å². The van der Waals surface area contributed by atoms with Gasteiger partial charge in [-0.15, -0.1) is 0 Å². The van der Waals surface area contributed by atoms with Crippen LogP contribution in [0.2, 0.25) is 0 Å². The van der Waals surface area contributed by atoms with Gasteiger partial charge in [-0.25, -0.2) is 0 Å². The second-order valence-electron chi connectivity index (χ2n) is 6.30. The third-order valence-electron chi connectivity index (χ3n) is 4.42. The molecular formula is C17H26N2O2. The van der Waals surface area contributed by atoms with Crippen LogP contribution in [0.3, 0.4) is 0 Å². The Bertz CT molecular complexity index is 449. The van der Waals surface area contributed by atoms with Gasteiger partial charge in [0.1, 0.15) is 12.4 Å². The summed E-state index contributed by atoms with van der Waals surface area (Å²) in [6, 6.07) is 8.66. The molecule has 0 aliphatic carbocycles. The predicted octanol–water partition coefficient (Wildman–Crippen LogP) is 2.56. The van der Waals surface area contributed by atoms with E-state index in [-0.39, 0.29) is 6.10 Å². The van der Waals surface area contributed by atoms with Crippen molar-refractivity contribution in [2.75, 3.05) is 24.6 Å². The lowest BCUT2D eigenvalue weighted by Crippen LogP contribution is -2.42. The predicted molar refractivity (Wildman–Crippen MR) is 84.9 cm³/mol. The summed E-state index contributed by atoms with van der Waals surface area (Å²) in [6.45, 7) is 4.83. The minimum atomic E-state index is 0.250. The summed E-state index contributed by atoms with van der Waals surface area (Å²) in [5.74, 6) is 0.920. The van der Waals surface area contributed by atoms with Crippen LogP contribution >= 0.6 is 0 Å². The molecular weight excluding hydrogens is 264 g/mol. The molecule has 0 spiro atoms. The molecule has 0 bridgehead atoms. The van der Waals surface area contributed by atoms with E-state index in [1.165, 1.54) is 12.1 Å². The van der Waals surface area contributed by atoms with Gasteiger partial charge in [-0.3, -0.25) is 0 Å². The normalized spacial score (nSPS) is 29.6. The zero-order chi connectivity index (χ0) is 14.7. The van der Waals surface area contributed by atoms with Crippen molar-refractivity contribution < 1.29 is 9.47 Å². The summed E-state index contributed by atoms with van der Waals surface area (Å²) in [7, 11) is 0. The average molecular weight is 290 g/mol. The molecule has 116 valence electrons. The molecule has 1 aromatic rings.